The second-order valence-electron chi connectivity index (χ2n) is 5.88. The lowest BCUT2D eigenvalue weighted by Gasteiger charge is -2.33. The first-order valence-electron chi connectivity index (χ1n) is 7.64. The van der Waals surface area contributed by atoms with Crippen LogP contribution in [0.15, 0.2) is 30.1 Å². The fourth-order valence-corrected chi connectivity index (χ4v) is 2.64. The molecule has 0 radical (unpaired) electrons. The summed E-state index contributed by atoms with van der Waals surface area (Å²) in [7, 11) is 0. The standard InChI is InChI=1S/C16H25N5O/c1-11(2)22-13-3-4-16(20-10-13)21-7-5-12(6-8-21)14(17)9-15(18)19/h3-4,9-12H,5-8,17H2,1-2H3,(H3,18,19). The molecule has 0 spiro atoms. The molecule has 0 bridgehead atoms. The maximum absolute atomic E-state index is 7.28. The van der Waals surface area contributed by atoms with E-state index in [0.29, 0.717) is 11.6 Å². The third kappa shape index (κ3) is 4.38. The van der Waals surface area contributed by atoms with Crippen molar-refractivity contribution < 1.29 is 4.74 Å². The zero-order valence-electron chi connectivity index (χ0n) is 13.2. The highest BCUT2D eigenvalue weighted by atomic mass is 16.5. The van der Waals surface area contributed by atoms with Gasteiger partial charge in [-0.1, -0.05) is 0 Å². The lowest BCUT2D eigenvalue weighted by molar-refractivity contribution is 0.241. The molecule has 0 aromatic carbocycles. The van der Waals surface area contributed by atoms with Crippen LogP contribution in [-0.2, 0) is 0 Å². The minimum absolute atomic E-state index is 0.0161. The SMILES string of the molecule is CC(C)Oc1ccc(N2CCC(C(N)=CC(=N)N)CC2)nc1. The van der Waals surface area contributed by atoms with Crippen molar-refractivity contribution in [3.63, 3.8) is 0 Å². The predicted octanol–water partition coefficient (Wildman–Crippen LogP) is 1.86. The molecule has 6 heteroatoms. The van der Waals surface area contributed by atoms with Crippen LogP contribution in [0.3, 0.4) is 0 Å². The maximum Gasteiger partial charge on any atom is 0.138 e. The van der Waals surface area contributed by atoms with Crippen molar-refractivity contribution in [2.75, 3.05) is 18.0 Å². The molecule has 120 valence electrons. The Balaban J connectivity index is 1.92. The molecule has 1 fully saturated rings. The number of hydrogen-bond acceptors (Lipinski definition) is 5. The number of pyridine rings is 1. The number of ether oxygens (including phenoxy) is 1. The molecule has 1 aliphatic rings. The summed E-state index contributed by atoms with van der Waals surface area (Å²) in [6, 6.07) is 3.95. The average molecular weight is 303 g/mol. The number of hydrogen-bond donors (Lipinski definition) is 3. The van der Waals surface area contributed by atoms with Crippen LogP contribution in [0.25, 0.3) is 0 Å². The van der Waals surface area contributed by atoms with Crippen molar-refractivity contribution in [1.29, 1.82) is 5.41 Å². The summed E-state index contributed by atoms with van der Waals surface area (Å²) in [4.78, 5) is 6.72. The normalized spacial score (nSPS) is 16.9. The van der Waals surface area contributed by atoms with Gasteiger partial charge in [0.05, 0.1) is 12.3 Å². The molecule has 2 heterocycles. The molecule has 0 atom stereocenters. The number of rotatable bonds is 5. The van der Waals surface area contributed by atoms with Crippen LogP contribution in [0.1, 0.15) is 26.7 Å². The van der Waals surface area contributed by atoms with Crippen LogP contribution in [0.2, 0.25) is 0 Å². The number of piperidine rings is 1. The Hall–Kier alpha value is -2.24. The van der Waals surface area contributed by atoms with Crippen LogP contribution in [0.5, 0.6) is 5.75 Å². The van der Waals surface area contributed by atoms with Crippen molar-refractivity contribution in [3.8, 4) is 5.75 Å². The Kier molecular flexibility index (Phi) is 5.25. The molecule has 0 aliphatic carbocycles. The molecule has 1 aromatic rings. The molecule has 0 amide bonds. The lowest BCUT2D eigenvalue weighted by atomic mass is 9.93. The Morgan fingerprint density at radius 1 is 1.36 bits per heavy atom. The van der Waals surface area contributed by atoms with E-state index in [2.05, 4.69) is 9.88 Å². The van der Waals surface area contributed by atoms with Gasteiger partial charge in [-0.15, -0.1) is 0 Å². The van der Waals surface area contributed by atoms with E-state index in [1.165, 1.54) is 0 Å². The van der Waals surface area contributed by atoms with E-state index in [1.807, 2.05) is 26.0 Å². The van der Waals surface area contributed by atoms with Gasteiger partial charge in [-0.05, 0) is 44.9 Å². The summed E-state index contributed by atoms with van der Waals surface area (Å²) >= 11 is 0. The van der Waals surface area contributed by atoms with Crippen LogP contribution in [0, 0.1) is 11.3 Å². The zero-order valence-corrected chi connectivity index (χ0v) is 13.2. The Morgan fingerprint density at radius 2 is 2.05 bits per heavy atom. The number of amidine groups is 1. The summed E-state index contributed by atoms with van der Waals surface area (Å²) < 4.78 is 5.61. The summed E-state index contributed by atoms with van der Waals surface area (Å²) in [6.07, 6.45) is 5.37. The summed E-state index contributed by atoms with van der Waals surface area (Å²) in [6.45, 7) is 5.79. The molecular weight excluding hydrogens is 278 g/mol. The zero-order chi connectivity index (χ0) is 16.1. The molecule has 22 heavy (non-hydrogen) atoms. The van der Waals surface area contributed by atoms with Crippen LogP contribution in [-0.4, -0.2) is 30.0 Å². The molecule has 0 saturated carbocycles. The average Bonchev–Trinajstić information content (AvgIpc) is 2.47. The van der Waals surface area contributed by atoms with E-state index in [9.17, 15) is 0 Å². The van der Waals surface area contributed by atoms with Crippen LogP contribution in [0.4, 0.5) is 5.82 Å². The molecular formula is C16H25N5O. The number of anilines is 1. The molecule has 1 aliphatic heterocycles. The van der Waals surface area contributed by atoms with Gasteiger partial charge in [0.15, 0.2) is 0 Å². The predicted molar refractivity (Wildman–Crippen MR) is 89.1 cm³/mol. The fraction of sp³-hybridized carbons (Fsp3) is 0.500. The van der Waals surface area contributed by atoms with Gasteiger partial charge < -0.3 is 21.1 Å². The van der Waals surface area contributed by atoms with Crippen molar-refractivity contribution >= 4 is 11.7 Å². The molecule has 6 nitrogen and oxygen atoms in total. The summed E-state index contributed by atoms with van der Waals surface area (Å²) in [5.74, 6) is 2.07. The first-order chi connectivity index (χ1) is 10.5. The topological polar surface area (TPSA) is 101 Å². The summed E-state index contributed by atoms with van der Waals surface area (Å²) in [5.41, 5.74) is 12.1. The van der Waals surface area contributed by atoms with Crippen molar-refractivity contribution in [2.45, 2.75) is 32.8 Å². The van der Waals surface area contributed by atoms with Gasteiger partial charge in [-0.3, -0.25) is 5.41 Å². The van der Waals surface area contributed by atoms with E-state index < -0.39 is 0 Å². The van der Waals surface area contributed by atoms with Crippen molar-refractivity contribution in [3.05, 3.63) is 30.1 Å². The summed E-state index contributed by atoms with van der Waals surface area (Å²) in [5, 5.41) is 7.28. The van der Waals surface area contributed by atoms with Gasteiger partial charge >= 0.3 is 0 Å². The van der Waals surface area contributed by atoms with Crippen molar-refractivity contribution in [1.82, 2.24) is 4.98 Å². The lowest BCUT2D eigenvalue weighted by Crippen LogP contribution is -2.36. The third-order valence-corrected chi connectivity index (χ3v) is 3.71. The van der Waals surface area contributed by atoms with Gasteiger partial charge in [-0.25, -0.2) is 4.98 Å². The first kappa shape index (κ1) is 16.1. The quantitative estimate of drug-likeness (QED) is 0.569. The Labute approximate surface area is 131 Å². The number of nitrogens with one attached hydrogen (secondary N) is 1. The smallest absolute Gasteiger partial charge is 0.138 e. The number of nitrogens with two attached hydrogens (primary N) is 2. The molecule has 0 unspecified atom stereocenters. The highest BCUT2D eigenvalue weighted by Gasteiger charge is 2.21. The number of aromatic nitrogens is 1. The second-order valence-corrected chi connectivity index (χ2v) is 5.88. The molecule has 1 aromatic heterocycles. The minimum Gasteiger partial charge on any atom is -0.489 e. The van der Waals surface area contributed by atoms with Gasteiger partial charge in [0.25, 0.3) is 0 Å². The first-order valence-corrected chi connectivity index (χ1v) is 7.64. The van der Waals surface area contributed by atoms with Gasteiger partial charge in [0.2, 0.25) is 0 Å². The van der Waals surface area contributed by atoms with Crippen molar-refractivity contribution in [2.24, 2.45) is 17.4 Å². The highest BCUT2D eigenvalue weighted by Crippen LogP contribution is 2.25. The maximum atomic E-state index is 7.28. The molecule has 1 saturated heterocycles. The van der Waals surface area contributed by atoms with Gasteiger partial charge in [0.1, 0.15) is 17.4 Å². The largest absolute Gasteiger partial charge is 0.489 e. The molecule has 5 N–H and O–H groups in total. The Bertz CT molecular complexity index is 530. The van der Waals surface area contributed by atoms with Gasteiger partial charge in [-0.2, -0.15) is 0 Å². The minimum atomic E-state index is 0.0161. The van der Waals surface area contributed by atoms with E-state index in [4.69, 9.17) is 21.6 Å². The van der Waals surface area contributed by atoms with Crippen LogP contribution >= 0.6 is 0 Å². The van der Waals surface area contributed by atoms with E-state index in [1.54, 1.807) is 12.3 Å². The Morgan fingerprint density at radius 3 is 2.55 bits per heavy atom. The van der Waals surface area contributed by atoms with E-state index in [0.717, 1.165) is 37.5 Å². The number of nitrogens with zero attached hydrogens (tertiary/aromatic N) is 2. The monoisotopic (exact) mass is 303 g/mol. The van der Waals surface area contributed by atoms with Gasteiger partial charge in [0, 0.05) is 24.7 Å². The fourth-order valence-electron chi connectivity index (χ4n) is 2.64. The highest BCUT2D eigenvalue weighted by molar-refractivity contribution is 5.89. The second kappa shape index (κ2) is 7.15. The third-order valence-electron chi connectivity index (χ3n) is 3.71. The van der Waals surface area contributed by atoms with E-state index in [-0.39, 0.29) is 11.9 Å². The molecule has 2 rings (SSSR count). The van der Waals surface area contributed by atoms with E-state index >= 15 is 0 Å². The number of allylic oxidation sites excluding steroid dienone is 1. The van der Waals surface area contributed by atoms with Crippen LogP contribution < -0.4 is 21.1 Å².